The van der Waals surface area contributed by atoms with Crippen molar-refractivity contribution in [3.05, 3.63) is 25.9 Å². The summed E-state index contributed by atoms with van der Waals surface area (Å²) in [5.74, 6) is 0.630. The van der Waals surface area contributed by atoms with Crippen LogP contribution in [0.15, 0.2) is 15.1 Å². The third-order valence-corrected chi connectivity index (χ3v) is 4.16. The Kier molecular flexibility index (Phi) is 2.45. The van der Waals surface area contributed by atoms with Crippen LogP contribution in [0.5, 0.6) is 0 Å². The Balaban J connectivity index is 2.49. The molecule has 0 amide bonds. The van der Waals surface area contributed by atoms with Gasteiger partial charge in [0.1, 0.15) is 0 Å². The standard InChI is InChI=1S/C8H6Br2ClN/c9-5-3-12-8(4-1-2-4)6(10)7(5)11/h3-4H,1-2H2. The number of aromatic nitrogens is 1. The quantitative estimate of drug-likeness (QED) is 0.759. The summed E-state index contributed by atoms with van der Waals surface area (Å²) in [6, 6.07) is 0. The SMILES string of the molecule is Clc1c(Br)cnc(C2CC2)c1Br. The number of hydrogen-bond donors (Lipinski definition) is 0. The first-order chi connectivity index (χ1) is 5.70. The van der Waals surface area contributed by atoms with E-state index < -0.39 is 0 Å². The fourth-order valence-corrected chi connectivity index (χ4v) is 2.45. The zero-order chi connectivity index (χ0) is 8.72. The first kappa shape index (κ1) is 8.97. The molecule has 1 heterocycles. The molecule has 1 saturated carbocycles. The van der Waals surface area contributed by atoms with Gasteiger partial charge in [0, 0.05) is 12.1 Å². The molecule has 0 aliphatic heterocycles. The van der Waals surface area contributed by atoms with Crippen molar-refractivity contribution in [3.63, 3.8) is 0 Å². The molecule has 0 saturated heterocycles. The summed E-state index contributed by atoms with van der Waals surface area (Å²) >= 11 is 12.8. The molecule has 12 heavy (non-hydrogen) atoms. The van der Waals surface area contributed by atoms with Crippen molar-refractivity contribution in [1.29, 1.82) is 0 Å². The van der Waals surface area contributed by atoms with Gasteiger partial charge in [-0.15, -0.1) is 0 Å². The zero-order valence-electron chi connectivity index (χ0n) is 6.15. The number of hydrogen-bond acceptors (Lipinski definition) is 1. The Morgan fingerprint density at radius 3 is 2.67 bits per heavy atom. The number of rotatable bonds is 1. The normalized spacial score (nSPS) is 16.6. The predicted molar refractivity (Wildman–Crippen MR) is 56.6 cm³/mol. The Labute approximate surface area is 92.8 Å². The molecule has 0 bridgehead atoms. The van der Waals surface area contributed by atoms with Crippen LogP contribution in [0.4, 0.5) is 0 Å². The van der Waals surface area contributed by atoms with E-state index in [0.717, 1.165) is 19.7 Å². The van der Waals surface area contributed by atoms with Crippen LogP contribution in [0, 0.1) is 0 Å². The van der Waals surface area contributed by atoms with Crippen LogP contribution in [0.3, 0.4) is 0 Å². The van der Waals surface area contributed by atoms with E-state index in [4.69, 9.17) is 11.6 Å². The molecule has 0 unspecified atom stereocenters. The van der Waals surface area contributed by atoms with E-state index in [1.165, 1.54) is 12.8 Å². The first-order valence-electron chi connectivity index (χ1n) is 3.69. The van der Waals surface area contributed by atoms with Gasteiger partial charge in [-0.25, -0.2) is 0 Å². The van der Waals surface area contributed by atoms with E-state index >= 15 is 0 Å². The van der Waals surface area contributed by atoms with Crippen molar-refractivity contribution in [2.24, 2.45) is 0 Å². The summed E-state index contributed by atoms with van der Waals surface area (Å²) in [6.45, 7) is 0. The summed E-state index contributed by atoms with van der Waals surface area (Å²) in [4.78, 5) is 4.32. The van der Waals surface area contributed by atoms with Crippen molar-refractivity contribution in [2.45, 2.75) is 18.8 Å². The third-order valence-electron chi connectivity index (χ3n) is 1.91. The molecule has 1 fully saturated rings. The number of nitrogens with zero attached hydrogens (tertiary/aromatic N) is 1. The molecular weight excluding hydrogens is 305 g/mol. The summed E-state index contributed by atoms with van der Waals surface area (Å²) in [5, 5.41) is 0.729. The first-order valence-corrected chi connectivity index (χ1v) is 5.66. The van der Waals surface area contributed by atoms with Gasteiger partial charge < -0.3 is 0 Å². The van der Waals surface area contributed by atoms with E-state index in [1.807, 2.05) is 0 Å². The molecular formula is C8H6Br2ClN. The van der Waals surface area contributed by atoms with Crippen molar-refractivity contribution in [3.8, 4) is 0 Å². The van der Waals surface area contributed by atoms with E-state index in [-0.39, 0.29) is 0 Å². The maximum atomic E-state index is 6.02. The number of halogens is 3. The van der Waals surface area contributed by atoms with Gasteiger partial charge in [0.25, 0.3) is 0 Å². The fourth-order valence-electron chi connectivity index (χ4n) is 1.10. The molecule has 64 valence electrons. The lowest BCUT2D eigenvalue weighted by atomic mass is 10.2. The van der Waals surface area contributed by atoms with Crippen molar-refractivity contribution in [1.82, 2.24) is 4.98 Å². The highest BCUT2D eigenvalue weighted by molar-refractivity contribution is 9.11. The molecule has 0 spiro atoms. The number of pyridine rings is 1. The van der Waals surface area contributed by atoms with Crippen molar-refractivity contribution in [2.75, 3.05) is 0 Å². The van der Waals surface area contributed by atoms with Gasteiger partial charge in [-0.05, 0) is 44.7 Å². The third kappa shape index (κ3) is 1.54. The summed E-state index contributed by atoms with van der Waals surface area (Å²) in [7, 11) is 0. The minimum absolute atomic E-state index is 0.630. The Bertz CT molecular complexity index is 323. The van der Waals surface area contributed by atoms with Gasteiger partial charge in [-0.3, -0.25) is 4.98 Å². The lowest BCUT2D eigenvalue weighted by Crippen LogP contribution is -1.89. The van der Waals surface area contributed by atoms with E-state index in [9.17, 15) is 0 Å². The second-order valence-corrected chi connectivity index (χ2v) is 4.92. The second-order valence-electron chi connectivity index (χ2n) is 2.89. The Morgan fingerprint density at radius 1 is 1.42 bits per heavy atom. The Hall–Kier alpha value is 0.400. The van der Waals surface area contributed by atoms with Gasteiger partial charge in [-0.2, -0.15) is 0 Å². The highest BCUT2D eigenvalue weighted by atomic mass is 79.9. The van der Waals surface area contributed by atoms with Gasteiger partial charge in [-0.1, -0.05) is 11.6 Å². The van der Waals surface area contributed by atoms with Crippen LogP contribution >= 0.6 is 43.5 Å². The summed E-state index contributed by atoms with van der Waals surface area (Å²) in [5.41, 5.74) is 1.10. The second kappa shape index (κ2) is 3.28. The van der Waals surface area contributed by atoms with Gasteiger partial charge in [0.15, 0.2) is 0 Å². The molecule has 1 aliphatic carbocycles. The van der Waals surface area contributed by atoms with Crippen molar-refractivity contribution < 1.29 is 0 Å². The predicted octanol–water partition coefficient (Wildman–Crippen LogP) is 4.14. The molecule has 0 aromatic carbocycles. The molecule has 1 aromatic heterocycles. The van der Waals surface area contributed by atoms with Crippen LogP contribution < -0.4 is 0 Å². The van der Waals surface area contributed by atoms with E-state index in [2.05, 4.69) is 36.8 Å². The largest absolute Gasteiger partial charge is 0.259 e. The molecule has 2 rings (SSSR count). The average Bonchev–Trinajstić information content (AvgIpc) is 2.84. The highest BCUT2D eigenvalue weighted by Gasteiger charge is 2.28. The van der Waals surface area contributed by atoms with Crippen molar-refractivity contribution >= 4 is 43.5 Å². The molecule has 1 aliphatic rings. The average molecular weight is 311 g/mol. The lowest BCUT2D eigenvalue weighted by Gasteiger charge is -2.04. The minimum Gasteiger partial charge on any atom is -0.259 e. The van der Waals surface area contributed by atoms with Gasteiger partial charge in [0.2, 0.25) is 0 Å². The molecule has 0 atom stereocenters. The van der Waals surface area contributed by atoms with Crippen LogP contribution in [0.1, 0.15) is 24.5 Å². The molecule has 1 nitrogen and oxygen atoms in total. The van der Waals surface area contributed by atoms with E-state index in [1.54, 1.807) is 6.20 Å². The van der Waals surface area contributed by atoms with Crippen LogP contribution in [0.2, 0.25) is 5.02 Å². The fraction of sp³-hybridized carbons (Fsp3) is 0.375. The Morgan fingerprint density at radius 2 is 2.08 bits per heavy atom. The van der Waals surface area contributed by atoms with Crippen LogP contribution in [-0.2, 0) is 0 Å². The van der Waals surface area contributed by atoms with E-state index in [0.29, 0.717) is 5.92 Å². The zero-order valence-corrected chi connectivity index (χ0v) is 10.1. The minimum atomic E-state index is 0.630. The smallest absolute Gasteiger partial charge is 0.0724 e. The van der Waals surface area contributed by atoms with Crippen LogP contribution in [-0.4, -0.2) is 4.98 Å². The van der Waals surface area contributed by atoms with Crippen LogP contribution in [0.25, 0.3) is 0 Å². The summed E-state index contributed by atoms with van der Waals surface area (Å²) in [6.07, 6.45) is 4.24. The topological polar surface area (TPSA) is 12.9 Å². The summed E-state index contributed by atoms with van der Waals surface area (Å²) < 4.78 is 1.79. The van der Waals surface area contributed by atoms with Gasteiger partial charge >= 0.3 is 0 Å². The molecule has 4 heteroatoms. The molecule has 0 N–H and O–H groups in total. The molecule has 1 aromatic rings. The van der Waals surface area contributed by atoms with Gasteiger partial charge in [0.05, 0.1) is 19.7 Å². The highest BCUT2D eigenvalue weighted by Crippen LogP contribution is 2.45. The monoisotopic (exact) mass is 309 g/mol. The molecule has 0 radical (unpaired) electrons. The lowest BCUT2D eigenvalue weighted by molar-refractivity contribution is 1.01. The maximum absolute atomic E-state index is 6.02. The maximum Gasteiger partial charge on any atom is 0.0724 e.